The molecule has 3 heteroatoms. The number of amides is 1. The molecule has 1 saturated carbocycles. The van der Waals surface area contributed by atoms with Gasteiger partial charge in [0.1, 0.15) is 0 Å². The van der Waals surface area contributed by atoms with Crippen molar-refractivity contribution >= 4 is 5.91 Å². The van der Waals surface area contributed by atoms with E-state index < -0.39 is 0 Å². The van der Waals surface area contributed by atoms with E-state index in [-0.39, 0.29) is 11.9 Å². The Labute approximate surface area is 99.4 Å². The van der Waals surface area contributed by atoms with Crippen LogP contribution in [0.15, 0.2) is 0 Å². The third-order valence-corrected chi connectivity index (χ3v) is 3.27. The number of hydrogen-bond acceptors (Lipinski definition) is 2. The molecule has 1 aliphatic rings. The first-order chi connectivity index (χ1) is 7.59. The van der Waals surface area contributed by atoms with Gasteiger partial charge in [0.2, 0.25) is 5.91 Å². The average Bonchev–Trinajstić information content (AvgIpc) is 2.69. The maximum Gasteiger partial charge on any atom is 0.237 e. The first-order valence-corrected chi connectivity index (χ1v) is 6.63. The molecule has 0 aromatic rings. The summed E-state index contributed by atoms with van der Waals surface area (Å²) in [6, 6.07) is 0.376. The second kappa shape index (κ2) is 6.89. The van der Waals surface area contributed by atoms with E-state index in [4.69, 9.17) is 0 Å². The van der Waals surface area contributed by atoms with Crippen molar-refractivity contribution in [1.82, 2.24) is 10.6 Å². The molecule has 1 atom stereocenters. The summed E-state index contributed by atoms with van der Waals surface area (Å²) in [7, 11) is 0. The summed E-state index contributed by atoms with van der Waals surface area (Å²) in [4.78, 5) is 11.8. The largest absolute Gasteiger partial charge is 0.352 e. The summed E-state index contributed by atoms with van der Waals surface area (Å²) in [5.41, 5.74) is 0. The average molecular weight is 226 g/mol. The summed E-state index contributed by atoms with van der Waals surface area (Å²) in [5, 5.41) is 6.39. The van der Waals surface area contributed by atoms with Crippen molar-refractivity contribution in [3.05, 3.63) is 0 Å². The van der Waals surface area contributed by atoms with E-state index in [1.165, 1.54) is 12.8 Å². The number of carbonyl (C=O) groups excluding carboxylic acids is 1. The van der Waals surface area contributed by atoms with Gasteiger partial charge in [-0.05, 0) is 38.6 Å². The third kappa shape index (κ3) is 4.97. The van der Waals surface area contributed by atoms with Gasteiger partial charge < -0.3 is 10.6 Å². The first-order valence-electron chi connectivity index (χ1n) is 6.63. The predicted molar refractivity (Wildman–Crippen MR) is 67.3 cm³/mol. The van der Waals surface area contributed by atoms with Crippen LogP contribution < -0.4 is 10.6 Å². The highest BCUT2D eigenvalue weighted by Gasteiger charge is 2.19. The van der Waals surface area contributed by atoms with Crippen molar-refractivity contribution in [2.45, 2.75) is 65.0 Å². The van der Waals surface area contributed by atoms with Gasteiger partial charge in [-0.15, -0.1) is 0 Å². The Morgan fingerprint density at radius 2 is 1.88 bits per heavy atom. The second-order valence-corrected chi connectivity index (χ2v) is 5.35. The van der Waals surface area contributed by atoms with Crippen LogP contribution in [0, 0.1) is 5.92 Å². The molecule has 94 valence electrons. The van der Waals surface area contributed by atoms with Crippen molar-refractivity contribution in [1.29, 1.82) is 0 Å². The quantitative estimate of drug-likeness (QED) is 0.728. The number of hydrogen-bond donors (Lipinski definition) is 2. The predicted octanol–water partition coefficient (Wildman–Crippen LogP) is 2.07. The van der Waals surface area contributed by atoms with E-state index in [9.17, 15) is 4.79 Å². The number of nitrogens with one attached hydrogen (secondary N) is 2. The van der Waals surface area contributed by atoms with Gasteiger partial charge in [-0.2, -0.15) is 0 Å². The van der Waals surface area contributed by atoms with Crippen LogP contribution in [-0.2, 0) is 4.79 Å². The smallest absolute Gasteiger partial charge is 0.237 e. The van der Waals surface area contributed by atoms with Crippen LogP contribution in [0.1, 0.15) is 52.9 Å². The normalized spacial score (nSPS) is 19.0. The molecule has 1 aliphatic carbocycles. The minimum absolute atomic E-state index is 0.0562. The van der Waals surface area contributed by atoms with Crippen LogP contribution in [0.5, 0.6) is 0 Å². The maximum absolute atomic E-state index is 11.8. The van der Waals surface area contributed by atoms with Crippen molar-refractivity contribution in [2.75, 3.05) is 6.54 Å². The molecule has 1 amide bonds. The number of carbonyl (C=O) groups is 1. The van der Waals surface area contributed by atoms with E-state index in [2.05, 4.69) is 24.5 Å². The van der Waals surface area contributed by atoms with E-state index in [1.807, 2.05) is 6.92 Å². The minimum Gasteiger partial charge on any atom is -0.352 e. The van der Waals surface area contributed by atoms with Crippen LogP contribution in [0.25, 0.3) is 0 Å². The fourth-order valence-corrected chi connectivity index (χ4v) is 2.08. The SMILES string of the molecule is CC(C)CCNC(C)C(=O)NC1CCCC1. The van der Waals surface area contributed by atoms with Crippen molar-refractivity contribution in [3.8, 4) is 0 Å². The van der Waals surface area contributed by atoms with Crippen molar-refractivity contribution < 1.29 is 4.79 Å². The van der Waals surface area contributed by atoms with Gasteiger partial charge in [-0.3, -0.25) is 4.79 Å². The Morgan fingerprint density at radius 3 is 2.44 bits per heavy atom. The standard InChI is InChI=1S/C13H26N2O/c1-10(2)8-9-14-11(3)13(16)15-12-6-4-5-7-12/h10-12,14H,4-9H2,1-3H3,(H,15,16). The van der Waals surface area contributed by atoms with Crippen LogP contribution in [0.2, 0.25) is 0 Å². The highest BCUT2D eigenvalue weighted by molar-refractivity contribution is 5.81. The van der Waals surface area contributed by atoms with Crippen molar-refractivity contribution in [2.24, 2.45) is 5.92 Å². The van der Waals surface area contributed by atoms with Gasteiger partial charge in [0.05, 0.1) is 6.04 Å². The lowest BCUT2D eigenvalue weighted by molar-refractivity contribution is -0.123. The minimum atomic E-state index is -0.0562. The zero-order valence-corrected chi connectivity index (χ0v) is 10.9. The molecule has 0 bridgehead atoms. The molecule has 2 N–H and O–H groups in total. The molecule has 0 heterocycles. The third-order valence-electron chi connectivity index (χ3n) is 3.27. The molecule has 0 radical (unpaired) electrons. The molecule has 3 nitrogen and oxygen atoms in total. The summed E-state index contributed by atoms with van der Waals surface area (Å²) in [5.74, 6) is 0.855. The van der Waals surface area contributed by atoms with Crippen LogP contribution >= 0.6 is 0 Å². The lowest BCUT2D eigenvalue weighted by Crippen LogP contribution is -2.45. The molecule has 1 unspecified atom stereocenters. The van der Waals surface area contributed by atoms with Crippen LogP contribution in [0.3, 0.4) is 0 Å². The molecule has 0 spiro atoms. The monoisotopic (exact) mass is 226 g/mol. The van der Waals surface area contributed by atoms with Gasteiger partial charge in [-0.1, -0.05) is 26.7 Å². The van der Waals surface area contributed by atoms with E-state index in [0.717, 1.165) is 25.8 Å². The molecule has 0 aromatic heterocycles. The Hall–Kier alpha value is -0.570. The zero-order chi connectivity index (χ0) is 12.0. The first kappa shape index (κ1) is 13.5. The molecular formula is C13H26N2O. The molecule has 0 aromatic carbocycles. The molecule has 16 heavy (non-hydrogen) atoms. The van der Waals surface area contributed by atoms with Gasteiger partial charge in [0.15, 0.2) is 0 Å². The Bertz CT molecular complexity index is 210. The lowest BCUT2D eigenvalue weighted by Gasteiger charge is -2.18. The Morgan fingerprint density at radius 1 is 1.25 bits per heavy atom. The summed E-state index contributed by atoms with van der Waals surface area (Å²) < 4.78 is 0. The van der Waals surface area contributed by atoms with Gasteiger partial charge >= 0.3 is 0 Å². The Balaban J connectivity index is 2.14. The van der Waals surface area contributed by atoms with Crippen LogP contribution in [-0.4, -0.2) is 24.5 Å². The number of rotatable bonds is 6. The second-order valence-electron chi connectivity index (χ2n) is 5.35. The summed E-state index contributed by atoms with van der Waals surface area (Å²) in [6.45, 7) is 7.28. The molecule has 0 aliphatic heterocycles. The fraction of sp³-hybridized carbons (Fsp3) is 0.923. The van der Waals surface area contributed by atoms with E-state index in [1.54, 1.807) is 0 Å². The van der Waals surface area contributed by atoms with Gasteiger partial charge in [-0.25, -0.2) is 0 Å². The molecule has 0 saturated heterocycles. The van der Waals surface area contributed by atoms with E-state index >= 15 is 0 Å². The van der Waals surface area contributed by atoms with E-state index in [0.29, 0.717) is 12.0 Å². The fourth-order valence-electron chi connectivity index (χ4n) is 2.08. The topological polar surface area (TPSA) is 41.1 Å². The van der Waals surface area contributed by atoms with Crippen LogP contribution in [0.4, 0.5) is 0 Å². The highest BCUT2D eigenvalue weighted by Crippen LogP contribution is 2.17. The maximum atomic E-state index is 11.8. The molecule has 1 rings (SSSR count). The van der Waals surface area contributed by atoms with Gasteiger partial charge in [0.25, 0.3) is 0 Å². The molecule has 1 fully saturated rings. The zero-order valence-electron chi connectivity index (χ0n) is 10.9. The summed E-state index contributed by atoms with van der Waals surface area (Å²) in [6.07, 6.45) is 5.97. The molecular weight excluding hydrogens is 200 g/mol. The van der Waals surface area contributed by atoms with Crippen molar-refractivity contribution in [3.63, 3.8) is 0 Å². The highest BCUT2D eigenvalue weighted by atomic mass is 16.2. The van der Waals surface area contributed by atoms with Gasteiger partial charge in [0, 0.05) is 6.04 Å². The Kier molecular flexibility index (Phi) is 5.81. The lowest BCUT2D eigenvalue weighted by atomic mass is 10.1. The summed E-state index contributed by atoms with van der Waals surface area (Å²) >= 11 is 0.